The van der Waals surface area contributed by atoms with E-state index in [-0.39, 0.29) is 29.5 Å². The van der Waals surface area contributed by atoms with Crippen molar-refractivity contribution in [2.75, 3.05) is 11.9 Å². The van der Waals surface area contributed by atoms with Crippen molar-refractivity contribution in [2.45, 2.75) is 38.0 Å². The molecule has 0 spiro atoms. The van der Waals surface area contributed by atoms with Gasteiger partial charge >= 0.3 is 6.18 Å². The number of anilines is 1. The lowest BCUT2D eigenvalue weighted by Crippen LogP contribution is -2.48. The van der Waals surface area contributed by atoms with Crippen LogP contribution in [0, 0.1) is 12.8 Å². The van der Waals surface area contributed by atoms with Gasteiger partial charge in [-0.3, -0.25) is 4.79 Å². The third-order valence-corrected chi connectivity index (χ3v) is 5.86. The van der Waals surface area contributed by atoms with E-state index < -0.39 is 11.9 Å². The number of amides is 1. The lowest BCUT2D eigenvalue weighted by molar-refractivity contribution is -0.141. The fraction of sp³-hybridized carbons (Fsp3) is 0.400. The van der Waals surface area contributed by atoms with Crippen LogP contribution in [0.2, 0.25) is 0 Å². The number of nitrogens with zero attached hydrogens (tertiary/aromatic N) is 7. The number of carbonyl (C=O) groups excluding carboxylic acids is 1. The predicted molar refractivity (Wildman–Crippen MR) is 106 cm³/mol. The van der Waals surface area contributed by atoms with E-state index in [9.17, 15) is 18.0 Å². The van der Waals surface area contributed by atoms with Crippen molar-refractivity contribution in [3.63, 3.8) is 0 Å². The molecule has 1 N–H and O–H groups in total. The lowest BCUT2D eigenvalue weighted by Gasteiger charge is -2.34. The highest BCUT2D eigenvalue weighted by atomic mass is 19.4. The minimum absolute atomic E-state index is 0.127. The Morgan fingerprint density at radius 2 is 1.88 bits per heavy atom. The van der Waals surface area contributed by atoms with Gasteiger partial charge in [-0.05, 0) is 37.3 Å². The first kappa shape index (κ1) is 20.3. The van der Waals surface area contributed by atoms with Crippen molar-refractivity contribution in [2.24, 2.45) is 5.92 Å². The van der Waals surface area contributed by atoms with Gasteiger partial charge in [0.25, 0.3) is 5.91 Å². The van der Waals surface area contributed by atoms with Crippen molar-refractivity contribution in [1.82, 2.24) is 34.8 Å². The summed E-state index contributed by atoms with van der Waals surface area (Å²) in [6, 6.07) is 1.54. The van der Waals surface area contributed by atoms with Gasteiger partial charge in [0, 0.05) is 18.8 Å². The number of pyridine rings is 1. The SMILES string of the molecule is Cc1cnc(C(=O)N2CC3CC(Nc4cnc(C(F)(F)F)cn4)C2C3)c(-n2nccn2)c1. The van der Waals surface area contributed by atoms with Crippen LogP contribution in [0.3, 0.4) is 0 Å². The van der Waals surface area contributed by atoms with Gasteiger partial charge in [0.15, 0.2) is 11.4 Å². The van der Waals surface area contributed by atoms with Crippen molar-refractivity contribution in [1.29, 1.82) is 0 Å². The lowest BCUT2D eigenvalue weighted by atomic mass is 10.0. The van der Waals surface area contributed by atoms with Gasteiger partial charge in [-0.2, -0.15) is 23.4 Å². The molecule has 12 heteroatoms. The van der Waals surface area contributed by atoms with Crippen LogP contribution >= 0.6 is 0 Å². The number of piperidine rings is 1. The molecule has 3 atom stereocenters. The highest BCUT2D eigenvalue weighted by Crippen LogP contribution is 2.40. The molecule has 32 heavy (non-hydrogen) atoms. The Morgan fingerprint density at radius 1 is 1.09 bits per heavy atom. The van der Waals surface area contributed by atoms with Crippen LogP contribution in [0.1, 0.15) is 34.6 Å². The number of alkyl halides is 3. The van der Waals surface area contributed by atoms with Crippen molar-refractivity contribution in [3.8, 4) is 5.69 Å². The minimum Gasteiger partial charge on any atom is -0.364 e. The second-order valence-electron chi connectivity index (χ2n) is 8.10. The first-order valence-corrected chi connectivity index (χ1v) is 10.1. The van der Waals surface area contributed by atoms with Gasteiger partial charge in [-0.15, -0.1) is 4.80 Å². The van der Waals surface area contributed by atoms with E-state index in [2.05, 4.69) is 30.5 Å². The topological polar surface area (TPSA) is 102 Å². The Morgan fingerprint density at radius 3 is 2.53 bits per heavy atom. The third-order valence-electron chi connectivity index (χ3n) is 5.86. The van der Waals surface area contributed by atoms with Gasteiger partial charge in [0.1, 0.15) is 11.5 Å². The Hall–Kier alpha value is -3.57. The number of carbonyl (C=O) groups is 1. The van der Waals surface area contributed by atoms with Crippen LogP contribution in [0.4, 0.5) is 19.0 Å². The van der Waals surface area contributed by atoms with Crippen LogP contribution in [0.5, 0.6) is 0 Å². The third kappa shape index (κ3) is 3.65. The summed E-state index contributed by atoms with van der Waals surface area (Å²) in [4.78, 5) is 28.2. The van der Waals surface area contributed by atoms with Crippen molar-refractivity contribution >= 4 is 11.7 Å². The van der Waals surface area contributed by atoms with Gasteiger partial charge in [-0.1, -0.05) is 0 Å². The molecule has 1 aliphatic heterocycles. The minimum atomic E-state index is -4.54. The first-order valence-electron chi connectivity index (χ1n) is 10.1. The Bertz CT molecular complexity index is 1130. The van der Waals surface area contributed by atoms with E-state index in [4.69, 9.17) is 0 Å². The van der Waals surface area contributed by atoms with E-state index >= 15 is 0 Å². The molecule has 2 fully saturated rings. The average molecular weight is 444 g/mol. The number of aryl methyl sites for hydroxylation is 1. The summed E-state index contributed by atoms with van der Waals surface area (Å²) >= 11 is 0. The van der Waals surface area contributed by atoms with E-state index in [0.717, 1.165) is 24.6 Å². The van der Waals surface area contributed by atoms with Crippen molar-refractivity contribution < 1.29 is 18.0 Å². The molecule has 9 nitrogen and oxygen atoms in total. The van der Waals surface area contributed by atoms with Gasteiger partial charge in [0.2, 0.25) is 0 Å². The number of halogens is 3. The summed E-state index contributed by atoms with van der Waals surface area (Å²) in [5, 5.41) is 11.4. The van der Waals surface area contributed by atoms with Crippen LogP contribution in [-0.2, 0) is 6.18 Å². The smallest absolute Gasteiger partial charge is 0.364 e. The zero-order valence-corrected chi connectivity index (χ0v) is 17.0. The van der Waals surface area contributed by atoms with Crippen LogP contribution in [0.15, 0.2) is 37.1 Å². The summed E-state index contributed by atoms with van der Waals surface area (Å²) < 4.78 is 38.2. The molecule has 2 aliphatic rings. The largest absolute Gasteiger partial charge is 0.434 e. The molecular weight excluding hydrogens is 425 g/mol. The number of rotatable bonds is 4. The Kier molecular flexibility index (Phi) is 4.79. The molecule has 3 aromatic heterocycles. The van der Waals surface area contributed by atoms with Gasteiger partial charge < -0.3 is 10.2 Å². The zero-order chi connectivity index (χ0) is 22.5. The summed E-state index contributed by atoms with van der Waals surface area (Å²) in [6.45, 7) is 2.47. The second kappa shape index (κ2) is 7.53. The molecule has 2 bridgehead atoms. The maximum absolute atomic E-state index is 13.4. The number of aromatic nitrogens is 6. The van der Waals surface area contributed by atoms with Gasteiger partial charge in [0.05, 0.1) is 30.8 Å². The van der Waals surface area contributed by atoms with Crippen molar-refractivity contribution in [3.05, 3.63) is 54.0 Å². The summed E-state index contributed by atoms with van der Waals surface area (Å²) in [5.74, 6) is 0.313. The Labute approximate surface area is 180 Å². The fourth-order valence-electron chi connectivity index (χ4n) is 4.50. The van der Waals surface area contributed by atoms with Crippen LogP contribution in [0.25, 0.3) is 5.69 Å². The number of hydrogen-bond donors (Lipinski definition) is 1. The summed E-state index contributed by atoms with van der Waals surface area (Å²) in [6.07, 6.45) is 3.52. The molecular formula is C20H19F3N8O. The highest BCUT2D eigenvalue weighted by Gasteiger charge is 2.48. The molecule has 0 radical (unpaired) electrons. The average Bonchev–Trinajstić information content (AvgIpc) is 3.50. The van der Waals surface area contributed by atoms with E-state index in [1.54, 1.807) is 11.1 Å². The molecule has 1 saturated heterocycles. The summed E-state index contributed by atoms with van der Waals surface area (Å²) in [5.41, 5.74) is 0.587. The second-order valence-corrected chi connectivity index (χ2v) is 8.10. The number of hydrogen-bond acceptors (Lipinski definition) is 7. The van der Waals surface area contributed by atoms with Crippen LogP contribution < -0.4 is 5.32 Å². The van der Waals surface area contributed by atoms with E-state index in [1.165, 1.54) is 17.2 Å². The van der Waals surface area contributed by atoms with Gasteiger partial charge in [-0.25, -0.2) is 15.0 Å². The summed E-state index contributed by atoms with van der Waals surface area (Å²) in [7, 11) is 0. The molecule has 1 saturated carbocycles. The molecule has 5 rings (SSSR count). The molecule has 1 aliphatic carbocycles. The Balaban J connectivity index is 1.36. The first-order chi connectivity index (χ1) is 15.3. The maximum Gasteiger partial charge on any atom is 0.434 e. The molecule has 166 valence electrons. The molecule has 1 amide bonds. The maximum atomic E-state index is 13.4. The molecule has 3 unspecified atom stereocenters. The highest BCUT2D eigenvalue weighted by molar-refractivity contribution is 5.96. The molecule has 4 heterocycles. The van der Waals surface area contributed by atoms with Crippen LogP contribution in [-0.4, -0.2) is 59.4 Å². The normalized spacial score (nSPS) is 22.4. The molecule has 0 aromatic carbocycles. The van der Waals surface area contributed by atoms with E-state index in [1.807, 2.05) is 13.0 Å². The quantitative estimate of drug-likeness (QED) is 0.660. The number of fused-ring (bicyclic) bond motifs is 2. The predicted octanol–water partition coefficient (Wildman–Crippen LogP) is 2.49. The number of nitrogens with one attached hydrogen (secondary N) is 1. The molecule has 3 aromatic rings. The zero-order valence-electron chi connectivity index (χ0n) is 17.0. The fourth-order valence-corrected chi connectivity index (χ4v) is 4.50. The monoisotopic (exact) mass is 444 g/mol. The standard InChI is InChI=1S/C20H19F3N8O/c1-11-4-15(31-27-2-3-28-31)18(26-7-11)19(32)30-10-12-5-13(14(30)6-12)29-17-9-24-16(8-25-17)20(21,22)23/h2-4,7-9,12-14H,5-6,10H2,1H3,(H,25,29). The number of likely N-dealkylation sites (tertiary alicyclic amines) is 1. The van der Waals surface area contributed by atoms with E-state index in [0.29, 0.717) is 24.3 Å².